The molecule has 10 heavy (non-hydrogen) atoms. The first-order valence-corrected chi connectivity index (χ1v) is 3.13. The lowest BCUT2D eigenvalue weighted by molar-refractivity contribution is -0.137. The molecule has 0 radical (unpaired) electrons. The zero-order valence-electron chi connectivity index (χ0n) is 4.65. The minimum atomic E-state index is -1.41. The van der Waals surface area contributed by atoms with Gasteiger partial charge in [-0.05, 0) is 0 Å². The number of carboxylic acids is 1. The third-order valence-corrected chi connectivity index (χ3v) is 0.857. The van der Waals surface area contributed by atoms with E-state index >= 15 is 0 Å². The van der Waals surface area contributed by atoms with Gasteiger partial charge in [-0.1, -0.05) is 34.8 Å². The quantitative estimate of drug-likeness (QED) is 0.720. The highest BCUT2D eigenvalue weighted by Crippen LogP contribution is 2.05. The first-order chi connectivity index (χ1) is 4.54. The van der Waals surface area contributed by atoms with Gasteiger partial charge in [0.2, 0.25) is 0 Å². The molecule has 0 unspecified atom stereocenters. The van der Waals surface area contributed by atoms with Gasteiger partial charge in [0.25, 0.3) is 0 Å². The van der Waals surface area contributed by atoms with Gasteiger partial charge < -0.3 is 5.11 Å². The largest absolute Gasteiger partial charge is 0.479 e. The Morgan fingerprint density at radius 2 is 1.80 bits per heavy atom. The van der Waals surface area contributed by atoms with E-state index in [2.05, 4.69) is 0 Å². The second-order valence-corrected chi connectivity index (χ2v) is 2.15. The van der Waals surface area contributed by atoms with E-state index in [-0.39, 0.29) is 4.49 Å². The Hall–Kier alpha value is 0.01000. The van der Waals surface area contributed by atoms with Crippen LogP contribution >= 0.6 is 34.8 Å². The van der Waals surface area contributed by atoms with Crippen LogP contribution in [0.25, 0.3) is 0 Å². The number of alkyl halides is 1. The third-order valence-electron chi connectivity index (χ3n) is 0.197. The number of carboxylic acid groups (broad SMARTS) is 1. The molecular formula is C4H4Cl3FO2. The van der Waals surface area contributed by atoms with E-state index in [0.29, 0.717) is 0 Å². The molecule has 0 bridgehead atoms. The molecule has 60 valence electrons. The van der Waals surface area contributed by atoms with E-state index in [1.54, 1.807) is 0 Å². The molecule has 0 aromatic rings. The Balaban J connectivity index is 0. The normalized spacial score (nSPS) is 7.20. The van der Waals surface area contributed by atoms with E-state index in [9.17, 15) is 4.39 Å². The summed E-state index contributed by atoms with van der Waals surface area (Å²) in [6.45, 7) is -1.28. The van der Waals surface area contributed by atoms with Crippen LogP contribution in [-0.2, 0) is 4.79 Å². The molecule has 0 heterocycles. The van der Waals surface area contributed by atoms with Gasteiger partial charge in [-0.25, -0.2) is 9.18 Å². The van der Waals surface area contributed by atoms with Crippen LogP contribution in [0.4, 0.5) is 4.39 Å². The van der Waals surface area contributed by atoms with Crippen molar-refractivity contribution in [2.24, 2.45) is 0 Å². The summed E-state index contributed by atoms with van der Waals surface area (Å²) in [7, 11) is 0. The zero-order chi connectivity index (χ0) is 8.57. The van der Waals surface area contributed by atoms with Crippen molar-refractivity contribution in [1.29, 1.82) is 0 Å². The van der Waals surface area contributed by atoms with Crippen LogP contribution in [-0.4, -0.2) is 17.8 Å². The van der Waals surface area contributed by atoms with Crippen molar-refractivity contribution in [3.63, 3.8) is 0 Å². The maximum Gasteiger partial charge on any atom is 0.335 e. The van der Waals surface area contributed by atoms with Crippen molar-refractivity contribution in [2.45, 2.75) is 0 Å². The van der Waals surface area contributed by atoms with Crippen molar-refractivity contribution in [3.8, 4) is 0 Å². The molecule has 0 aliphatic heterocycles. The molecule has 0 aromatic carbocycles. The van der Waals surface area contributed by atoms with Crippen LogP contribution < -0.4 is 0 Å². The van der Waals surface area contributed by atoms with Gasteiger partial charge in [0.05, 0.1) is 0 Å². The van der Waals surface area contributed by atoms with Crippen LogP contribution in [0.3, 0.4) is 0 Å². The summed E-state index contributed by atoms with van der Waals surface area (Å²) < 4.78 is 10.6. The summed E-state index contributed by atoms with van der Waals surface area (Å²) in [5.74, 6) is -1.41. The maximum absolute atomic E-state index is 10.5. The van der Waals surface area contributed by atoms with Crippen LogP contribution in [0.2, 0.25) is 0 Å². The van der Waals surface area contributed by atoms with Gasteiger partial charge in [0.1, 0.15) is 4.49 Å². The van der Waals surface area contributed by atoms with E-state index in [4.69, 9.17) is 44.7 Å². The fourth-order valence-corrected chi connectivity index (χ4v) is 0. The Kier molecular flexibility index (Phi) is 11.4. The fraction of sp³-hybridized carbons (Fsp3) is 0.250. The van der Waals surface area contributed by atoms with Crippen molar-refractivity contribution in [1.82, 2.24) is 0 Å². The molecule has 0 spiro atoms. The van der Waals surface area contributed by atoms with Crippen LogP contribution in [0.5, 0.6) is 0 Å². The molecule has 0 fully saturated rings. The maximum atomic E-state index is 10.5. The molecule has 0 aliphatic carbocycles. The summed E-state index contributed by atoms with van der Waals surface area (Å²) in [6.07, 6.45) is 0. The minimum absolute atomic E-state index is 0.0895. The predicted molar refractivity (Wildman–Crippen MR) is 39.3 cm³/mol. The number of halogens is 4. The second-order valence-electron chi connectivity index (χ2n) is 0.926. The average molecular weight is 209 g/mol. The molecule has 0 amide bonds. The van der Waals surface area contributed by atoms with Gasteiger partial charge in [0, 0.05) is 5.54 Å². The SMILES string of the molecule is ClC=C(Cl)Cl.O=C(O)CF. The Bertz CT molecular complexity index is 122. The topological polar surface area (TPSA) is 37.3 Å². The van der Waals surface area contributed by atoms with E-state index in [1.807, 2.05) is 0 Å². The highest BCUT2D eigenvalue weighted by molar-refractivity contribution is 6.58. The number of carbonyl (C=O) groups is 1. The van der Waals surface area contributed by atoms with Crippen LogP contribution in [0, 0.1) is 0 Å². The summed E-state index contributed by atoms with van der Waals surface area (Å²) >= 11 is 14.8. The van der Waals surface area contributed by atoms with Gasteiger partial charge >= 0.3 is 5.97 Å². The van der Waals surface area contributed by atoms with Crippen molar-refractivity contribution < 1.29 is 14.3 Å². The summed E-state index contributed by atoms with van der Waals surface area (Å²) in [6, 6.07) is 0. The van der Waals surface area contributed by atoms with Crippen molar-refractivity contribution in [3.05, 3.63) is 10.0 Å². The fourth-order valence-electron chi connectivity index (χ4n) is 0. The Labute approximate surface area is 72.2 Å². The minimum Gasteiger partial charge on any atom is -0.479 e. The molecule has 1 N–H and O–H groups in total. The molecule has 0 atom stereocenters. The molecular weight excluding hydrogens is 205 g/mol. The average Bonchev–Trinajstić information content (AvgIpc) is 1.89. The summed E-state index contributed by atoms with van der Waals surface area (Å²) in [5.41, 5.74) is 1.09. The van der Waals surface area contributed by atoms with E-state index in [0.717, 1.165) is 5.54 Å². The first kappa shape index (κ1) is 12.7. The van der Waals surface area contributed by atoms with E-state index in [1.165, 1.54) is 0 Å². The van der Waals surface area contributed by atoms with Gasteiger partial charge in [0.15, 0.2) is 6.67 Å². The number of rotatable bonds is 1. The van der Waals surface area contributed by atoms with E-state index < -0.39 is 12.6 Å². The third kappa shape index (κ3) is 24.5. The molecule has 2 nitrogen and oxygen atoms in total. The van der Waals surface area contributed by atoms with Gasteiger partial charge in [-0.15, -0.1) is 0 Å². The smallest absolute Gasteiger partial charge is 0.335 e. The van der Waals surface area contributed by atoms with Crippen molar-refractivity contribution in [2.75, 3.05) is 6.67 Å². The molecule has 0 rings (SSSR count). The monoisotopic (exact) mass is 208 g/mol. The van der Waals surface area contributed by atoms with Crippen molar-refractivity contribution >= 4 is 40.8 Å². The highest BCUT2D eigenvalue weighted by Gasteiger charge is 1.85. The Morgan fingerprint density at radius 1 is 1.60 bits per heavy atom. The molecule has 0 aliphatic rings. The lowest BCUT2D eigenvalue weighted by Crippen LogP contribution is -1.93. The molecule has 0 saturated heterocycles. The number of hydrogen-bond acceptors (Lipinski definition) is 1. The predicted octanol–water partition coefficient (Wildman–Crippen LogP) is 2.54. The second kappa shape index (κ2) is 9.01. The summed E-state index contributed by atoms with van der Waals surface area (Å²) in [5, 5.41) is 7.35. The Morgan fingerprint density at radius 3 is 1.80 bits per heavy atom. The lowest BCUT2D eigenvalue weighted by Gasteiger charge is -1.69. The molecule has 0 aromatic heterocycles. The highest BCUT2D eigenvalue weighted by atomic mass is 35.5. The zero-order valence-corrected chi connectivity index (χ0v) is 6.92. The van der Waals surface area contributed by atoms with Crippen LogP contribution in [0.15, 0.2) is 10.0 Å². The first-order valence-electron chi connectivity index (χ1n) is 1.93. The summed E-state index contributed by atoms with van der Waals surface area (Å²) in [4.78, 5) is 8.99. The lowest BCUT2D eigenvalue weighted by atomic mass is 10.8. The van der Waals surface area contributed by atoms with Gasteiger partial charge in [-0.3, -0.25) is 0 Å². The molecule has 0 saturated carbocycles. The number of aliphatic carboxylic acids is 1. The van der Waals surface area contributed by atoms with Gasteiger partial charge in [-0.2, -0.15) is 0 Å². The number of hydrogen-bond donors (Lipinski definition) is 1. The van der Waals surface area contributed by atoms with Crippen LogP contribution in [0.1, 0.15) is 0 Å². The standard InChI is InChI=1S/C2HCl3.C2H3FO2/c2*3-1-2(4)5/h1H;1H2,(H,4,5). The molecule has 6 heteroatoms.